The third-order valence-electron chi connectivity index (χ3n) is 3.18. The number of nitrogens with one attached hydrogen (secondary N) is 1. The lowest BCUT2D eigenvalue weighted by Crippen LogP contribution is -2.16. The third-order valence-corrected chi connectivity index (χ3v) is 4.15. The molecule has 0 aliphatic carbocycles. The van der Waals surface area contributed by atoms with E-state index < -0.39 is 10.9 Å². The van der Waals surface area contributed by atoms with E-state index >= 15 is 0 Å². The Balaban J connectivity index is 2.02. The van der Waals surface area contributed by atoms with E-state index in [9.17, 15) is 19.7 Å². The molecule has 0 fully saturated rings. The van der Waals surface area contributed by atoms with Gasteiger partial charge in [-0.15, -0.1) is 16.4 Å². The molecule has 0 atom stereocenters. The summed E-state index contributed by atoms with van der Waals surface area (Å²) in [5.41, 5.74) is 0.0134. The minimum absolute atomic E-state index is 0.0134. The molecule has 2 heterocycles. The number of methoxy groups -OCH3 is 2. The van der Waals surface area contributed by atoms with Crippen molar-refractivity contribution in [1.82, 2.24) is 9.78 Å². The molecule has 1 N–H and O–H groups in total. The number of nitro groups is 1. The molecule has 25 heavy (non-hydrogen) atoms. The highest BCUT2D eigenvalue weighted by molar-refractivity contribution is 7.16. The number of hydrogen-bond donors (Lipinski definition) is 1. The Morgan fingerprint density at radius 2 is 2.16 bits per heavy atom. The molecule has 1 amide bonds. The average Bonchev–Trinajstić information content (AvgIpc) is 3.15. The zero-order valence-corrected chi connectivity index (χ0v) is 14.6. The Labute approximate surface area is 146 Å². The topological polar surface area (TPSA) is 126 Å². The van der Waals surface area contributed by atoms with E-state index in [0.29, 0.717) is 5.00 Å². The minimum atomic E-state index is -0.612. The summed E-state index contributed by atoms with van der Waals surface area (Å²) in [7, 11) is 2.54. The molecule has 0 saturated carbocycles. The van der Waals surface area contributed by atoms with Gasteiger partial charge in [-0.3, -0.25) is 19.6 Å². The number of anilines is 1. The third kappa shape index (κ3) is 4.32. The van der Waals surface area contributed by atoms with Crippen LogP contribution in [0.3, 0.4) is 0 Å². The summed E-state index contributed by atoms with van der Waals surface area (Å²) in [6.07, 6.45) is 1.21. The Bertz CT molecular complexity index is 812. The zero-order chi connectivity index (χ0) is 18.6. The smallest absolute Gasteiger partial charge is 0.350 e. The van der Waals surface area contributed by atoms with Gasteiger partial charge in [0.15, 0.2) is 0 Å². The molecule has 0 aliphatic rings. The van der Waals surface area contributed by atoms with E-state index in [0.717, 1.165) is 4.88 Å². The fraction of sp³-hybridized carbons (Fsp3) is 0.357. The van der Waals surface area contributed by atoms with Crippen LogP contribution in [0.4, 0.5) is 10.7 Å². The number of amides is 1. The van der Waals surface area contributed by atoms with Crippen LogP contribution >= 0.6 is 11.3 Å². The quantitative estimate of drug-likeness (QED) is 0.450. The maximum Gasteiger partial charge on any atom is 0.350 e. The van der Waals surface area contributed by atoms with Crippen LogP contribution in [0.2, 0.25) is 0 Å². The summed E-state index contributed by atoms with van der Waals surface area (Å²) < 4.78 is 10.8. The number of thiophene rings is 1. The van der Waals surface area contributed by atoms with Crippen molar-refractivity contribution in [2.45, 2.75) is 19.9 Å². The van der Waals surface area contributed by atoms with Crippen LogP contribution in [0.5, 0.6) is 5.88 Å². The molecule has 0 unspecified atom stereocenters. The van der Waals surface area contributed by atoms with E-state index in [1.165, 1.54) is 36.4 Å². The van der Waals surface area contributed by atoms with E-state index in [1.54, 1.807) is 6.07 Å². The summed E-state index contributed by atoms with van der Waals surface area (Å²) in [5.74, 6) is -1.01. The first-order chi connectivity index (χ1) is 11.8. The van der Waals surface area contributed by atoms with Crippen LogP contribution in [0.1, 0.15) is 21.7 Å². The summed E-state index contributed by atoms with van der Waals surface area (Å²) in [4.78, 5) is 34.9. The number of esters is 1. The highest BCUT2D eigenvalue weighted by Gasteiger charge is 2.21. The minimum Gasteiger partial charge on any atom is -0.475 e. The number of ether oxygens (including phenoxy) is 2. The maximum atomic E-state index is 12.1. The van der Waals surface area contributed by atoms with Crippen molar-refractivity contribution >= 4 is 33.9 Å². The first kappa shape index (κ1) is 18.4. The molecule has 0 saturated heterocycles. The predicted octanol–water partition coefficient (Wildman–Crippen LogP) is 1.99. The fourth-order valence-corrected chi connectivity index (χ4v) is 2.97. The van der Waals surface area contributed by atoms with Crippen molar-refractivity contribution in [2.24, 2.45) is 0 Å². The first-order valence-corrected chi connectivity index (χ1v) is 7.91. The van der Waals surface area contributed by atoms with E-state index in [4.69, 9.17) is 4.74 Å². The molecular formula is C14H16N4O6S. The molecular weight excluding hydrogens is 352 g/mol. The Hall–Kier alpha value is -2.95. The summed E-state index contributed by atoms with van der Waals surface area (Å²) >= 11 is 1.26. The van der Waals surface area contributed by atoms with Gasteiger partial charge in [-0.25, -0.2) is 4.79 Å². The van der Waals surface area contributed by atoms with Gasteiger partial charge in [-0.2, -0.15) is 0 Å². The first-order valence-electron chi connectivity index (χ1n) is 7.10. The summed E-state index contributed by atoms with van der Waals surface area (Å²) in [6.45, 7) is 1.93. The van der Waals surface area contributed by atoms with Crippen molar-refractivity contribution in [1.29, 1.82) is 0 Å². The van der Waals surface area contributed by atoms with Crippen LogP contribution in [0.25, 0.3) is 0 Å². The second-order valence-corrected chi connectivity index (χ2v) is 6.19. The van der Waals surface area contributed by atoms with Crippen molar-refractivity contribution in [3.8, 4) is 5.88 Å². The fourth-order valence-electron chi connectivity index (χ4n) is 2.05. The van der Waals surface area contributed by atoms with Crippen LogP contribution in [0.15, 0.2) is 12.3 Å². The number of carbonyl (C=O) groups is 2. The van der Waals surface area contributed by atoms with Crippen LogP contribution in [0, 0.1) is 17.0 Å². The Morgan fingerprint density at radius 3 is 2.72 bits per heavy atom. The molecule has 11 heteroatoms. The average molecular weight is 368 g/mol. The van der Waals surface area contributed by atoms with Crippen LogP contribution in [-0.4, -0.2) is 40.8 Å². The van der Waals surface area contributed by atoms with Crippen molar-refractivity contribution in [2.75, 3.05) is 19.5 Å². The molecule has 0 bridgehead atoms. The van der Waals surface area contributed by atoms with E-state index in [1.807, 2.05) is 6.92 Å². The highest BCUT2D eigenvalue weighted by Crippen LogP contribution is 2.28. The lowest BCUT2D eigenvalue weighted by molar-refractivity contribution is -0.385. The van der Waals surface area contributed by atoms with Gasteiger partial charge in [-0.05, 0) is 13.0 Å². The molecule has 0 aromatic carbocycles. The van der Waals surface area contributed by atoms with Gasteiger partial charge >= 0.3 is 17.5 Å². The molecule has 2 aromatic rings. The molecule has 0 spiro atoms. The number of aromatic nitrogens is 2. The Kier molecular flexibility index (Phi) is 5.70. The molecule has 0 radical (unpaired) electrons. The van der Waals surface area contributed by atoms with Gasteiger partial charge in [0, 0.05) is 11.3 Å². The summed E-state index contributed by atoms with van der Waals surface area (Å²) in [6, 6.07) is 1.63. The predicted molar refractivity (Wildman–Crippen MR) is 89.1 cm³/mol. The van der Waals surface area contributed by atoms with Gasteiger partial charge in [0.1, 0.15) is 11.2 Å². The number of carbonyl (C=O) groups excluding carboxylic acids is 2. The lowest BCUT2D eigenvalue weighted by atomic mass is 10.3. The highest BCUT2D eigenvalue weighted by atomic mass is 32.1. The van der Waals surface area contributed by atoms with Gasteiger partial charge in [0.05, 0.1) is 31.3 Å². The lowest BCUT2D eigenvalue weighted by Gasteiger charge is -2.05. The molecule has 0 aliphatic heterocycles. The summed E-state index contributed by atoms with van der Waals surface area (Å²) in [5, 5.41) is 17.8. The van der Waals surface area contributed by atoms with Gasteiger partial charge < -0.3 is 14.8 Å². The molecule has 2 aromatic heterocycles. The normalized spacial score (nSPS) is 10.4. The number of rotatable bonds is 7. The van der Waals surface area contributed by atoms with Crippen LogP contribution < -0.4 is 10.1 Å². The number of aryl methyl sites for hydroxylation is 2. The molecule has 10 nitrogen and oxygen atoms in total. The van der Waals surface area contributed by atoms with Crippen molar-refractivity contribution in [3.63, 3.8) is 0 Å². The Morgan fingerprint density at radius 1 is 1.44 bits per heavy atom. The second-order valence-electron chi connectivity index (χ2n) is 4.93. The van der Waals surface area contributed by atoms with Gasteiger partial charge in [-0.1, -0.05) is 0 Å². The number of hydrogen-bond acceptors (Lipinski definition) is 8. The van der Waals surface area contributed by atoms with Gasteiger partial charge in [0.2, 0.25) is 5.91 Å². The van der Waals surface area contributed by atoms with Crippen LogP contribution in [-0.2, 0) is 16.1 Å². The standard InChI is InChI=1S/C14H16N4O6S/c1-8-6-9(14(20)24-3)13(25-8)15-11(19)4-5-17-7-10(18(21)22)12(16-17)23-2/h6-7H,4-5H2,1-3H3,(H,15,19). The number of nitrogens with zero attached hydrogens (tertiary/aromatic N) is 3. The van der Waals surface area contributed by atoms with Crippen molar-refractivity contribution in [3.05, 3.63) is 32.8 Å². The van der Waals surface area contributed by atoms with Crippen molar-refractivity contribution < 1.29 is 24.0 Å². The molecule has 2 rings (SSSR count). The zero-order valence-electron chi connectivity index (χ0n) is 13.8. The van der Waals surface area contributed by atoms with Gasteiger partial charge in [0.25, 0.3) is 0 Å². The van der Waals surface area contributed by atoms with E-state index in [2.05, 4.69) is 15.2 Å². The maximum absolute atomic E-state index is 12.1. The van der Waals surface area contributed by atoms with E-state index in [-0.39, 0.29) is 36.0 Å². The SMILES string of the molecule is COC(=O)c1cc(C)sc1NC(=O)CCn1cc([N+](=O)[O-])c(OC)n1. The largest absolute Gasteiger partial charge is 0.475 e. The second kappa shape index (κ2) is 7.75. The molecule has 134 valence electrons. The monoisotopic (exact) mass is 368 g/mol.